The summed E-state index contributed by atoms with van der Waals surface area (Å²) in [6.45, 7) is -2.02. The number of rotatable bonds is 8. The fraction of sp³-hybridized carbons (Fsp3) is 0.562. The fourth-order valence-electron chi connectivity index (χ4n) is 3.10. The minimum atomic E-state index is -5.04. The van der Waals surface area contributed by atoms with Gasteiger partial charge >= 0.3 is 12.1 Å². The highest BCUT2D eigenvalue weighted by Gasteiger charge is 2.46. The van der Waals surface area contributed by atoms with Crippen molar-refractivity contribution in [2.24, 2.45) is 0 Å². The van der Waals surface area contributed by atoms with Gasteiger partial charge in [-0.2, -0.15) is 18.2 Å². The fourth-order valence-corrected chi connectivity index (χ4v) is 3.10. The summed E-state index contributed by atoms with van der Waals surface area (Å²) in [6, 6.07) is 0. The summed E-state index contributed by atoms with van der Waals surface area (Å²) in [5.41, 5.74) is 4.86. The molecule has 7 N–H and O–H groups in total. The maximum absolute atomic E-state index is 12.1. The number of nitrogens with two attached hydrogens (primary N) is 1. The van der Waals surface area contributed by atoms with Crippen LogP contribution in [0.4, 0.5) is 19.1 Å². The van der Waals surface area contributed by atoms with Crippen LogP contribution in [-0.2, 0) is 19.1 Å². The van der Waals surface area contributed by atoms with E-state index in [0.717, 1.165) is 0 Å². The second-order valence-corrected chi connectivity index (χ2v) is 6.89. The third-order valence-electron chi connectivity index (χ3n) is 4.61. The first kappa shape index (κ1) is 24.4. The average molecular weight is 479 g/mol. The Morgan fingerprint density at radius 3 is 2.70 bits per heavy atom. The largest absolute Gasteiger partial charge is 0.471 e. The van der Waals surface area contributed by atoms with Gasteiger partial charge in [0.15, 0.2) is 17.4 Å². The van der Waals surface area contributed by atoms with E-state index >= 15 is 0 Å². The Bertz CT molecular complexity index is 1070. The molecule has 1 saturated heterocycles. The lowest BCUT2D eigenvalue weighted by Gasteiger charge is -2.22. The molecule has 33 heavy (non-hydrogen) atoms. The van der Waals surface area contributed by atoms with Crippen LogP contribution in [0.25, 0.3) is 11.2 Å². The SMILES string of the molecule is Nc1nc2c(ncn2[C@@H]2O[C@H](CO)C(O)[C@@H]2OCC(=O)NCCNC(=O)C(F)(F)F)c(=O)[nH]1. The molecule has 3 rings (SSSR count). The smallest absolute Gasteiger partial charge is 0.394 e. The zero-order valence-corrected chi connectivity index (χ0v) is 16.7. The number of aromatic nitrogens is 4. The van der Waals surface area contributed by atoms with Crippen molar-refractivity contribution in [3.05, 3.63) is 16.7 Å². The number of aliphatic hydroxyl groups is 2. The number of aliphatic hydroxyl groups excluding tert-OH is 2. The van der Waals surface area contributed by atoms with Crippen LogP contribution in [0.2, 0.25) is 0 Å². The monoisotopic (exact) mass is 479 g/mol. The Morgan fingerprint density at radius 2 is 2.03 bits per heavy atom. The standard InChI is InChI=1S/C16H20F3N7O7/c17-16(18,19)14(31)22-2-1-21-7(28)4-32-10-9(29)6(3-27)33-13(10)26-5-23-8-11(26)24-15(20)25-12(8)30/h5-6,9-10,13,27,29H,1-4H2,(H,21,28)(H,22,31)(H3,20,24,25,30)/t6-,9?,10+,13-/m1/s1. The summed E-state index contributed by atoms with van der Waals surface area (Å²) in [7, 11) is 0. The number of ether oxygens (including phenoxy) is 2. The third kappa shape index (κ3) is 5.38. The molecular formula is C16H20F3N7O7. The number of carbonyl (C=O) groups excluding carboxylic acids is 2. The van der Waals surface area contributed by atoms with Gasteiger partial charge in [-0.05, 0) is 0 Å². The van der Waals surface area contributed by atoms with Gasteiger partial charge in [0.2, 0.25) is 11.9 Å². The molecule has 14 nitrogen and oxygen atoms in total. The Morgan fingerprint density at radius 1 is 1.33 bits per heavy atom. The molecule has 0 aliphatic carbocycles. The maximum Gasteiger partial charge on any atom is 0.471 e. The second kappa shape index (κ2) is 9.69. The zero-order valence-electron chi connectivity index (χ0n) is 16.7. The van der Waals surface area contributed by atoms with E-state index in [1.165, 1.54) is 10.9 Å². The molecule has 0 saturated carbocycles. The van der Waals surface area contributed by atoms with Gasteiger partial charge in [0, 0.05) is 13.1 Å². The predicted octanol–water partition coefficient (Wildman–Crippen LogP) is -2.87. The molecule has 182 valence electrons. The van der Waals surface area contributed by atoms with Gasteiger partial charge in [-0.15, -0.1) is 0 Å². The highest BCUT2D eigenvalue weighted by atomic mass is 19.4. The third-order valence-corrected chi connectivity index (χ3v) is 4.61. The Kier molecular flexibility index (Phi) is 7.15. The van der Waals surface area contributed by atoms with E-state index in [1.54, 1.807) is 5.32 Å². The molecular weight excluding hydrogens is 459 g/mol. The molecule has 0 radical (unpaired) electrons. The highest BCUT2D eigenvalue weighted by molar-refractivity contribution is 5.81. The number of carbonyl (C=O) groups is 2. The quantitative estimate of drug-likeness (QED) is 0.213. The number of hydrogen-bond acceptors (Lipinski definition) is 10. The number of nitrogens with zero attached hydrogens (tertiary/aromatic N) is 3. The van der Waals surface area contributed by atoms with Crippen LogP contribution in [0, 0.1) is 0 Å². The van der Waals surface area contributed by atoms with Crippen molar-refractivity contribution in [1.29, 1.82) is 0 Å². The number of alkyl halides is 3. The Labute approximate surface area is 181 Å². The van der Waals surface area contributed by atoms with Gasteiger partial charge < -0.3 is 36.1 Å². The summed E-state index contributed by atoms with van der Waals surface area (Å²) in [4.78, 5) is 44.8. The zero-order chi connectivity index (χ0) is 24.3. The number of H-pyrrole nitrogens is 1. The molecule has 1 aliphatic heterocycles. The van der Waals surface area contributed by atoms with Crippen LogP contribution in [0.3, 0.4) is 0 Å². The molecule has 17 heteroatoms. The van der Waals surface area contributed by atoms with Crippen LogP contribution < -0.4 is 21.9 Å². The number of aromatic amines is 1. The topological polar surface area (TPSA) is 207 Å². The number of nitrogen functional groups attached to an aromatic ring is 1. The average Bonchev–Trinajstić information content (AvgIpc) is 3.29. The van der Waals surface area contributed by atoms with E-state index in [1.807, 2.05) is 0 Å². The van der Waals surface area contributed by atoms with Crippen molar-refractivity contribution in [2.45, 2.75) is 30.7 Å². The maximum atomic E-state index is 12.1. The van der Waals surface area contributed by atoms with Gasteiger partial charge in [-0.25, -0.2) is 4.98 Å². The van der Waals surface area contributed by atoms with E-state index in [-0.39, 0.29) is 23.7 Å². The van der Waals surface area contributed by atoms with Crippen LogP contribution in [0.1, 0.15) is 6.23 Å². The van der Waals surface area contributed by atoms with Gasteiger partial charge in [-0.3, -0.25) is 23.9 Å². The molecule has 1 fully saturated rings. The number of anilines is 1. The lowest BCUT2D eigenvalue weighted by Crippen LogP contribution is -2.42. The number of amides is 2. The highest BCUT2D eigenvalue weighted by Crippen LogP contribution is 2.33. The van der Waals surface area contributed by atoms with Crippen LogP contribution in [0.15, 0.2) is 11.1 Å². The molecule has 0 bridgehead atoms. The molecule has 2 aromatic heterocycles. The summed E-state index contributed by atoms with van der Waals surface area (Å²) in [6.07, 6.45) is -8.73. The van der Waals surface area contributed by atoms with E-state index < -0.39 is 67.8 Å². The lowest BCUT2D eigenvalue weighted by molar-refractivity contribution is -0.173. The number of hydrogen-bond donors (Lipinski definition) is 6. The lowest BCUT2D eigenvalue weighted by atomic mass is 10.1. The van der Waals surface area contributed by atoms with Crippen molar-refractivity contribution in [3.8, 4) is 0 Å². The van der Waals surface area contributed by atoms with Gasteiger partial charge in [0.25, 0.3) is 5.56 Å². The van der Waals surface area contributed by atoms with E-state index in [0.29, 0.717) is 0 Å². The number of nitrogens with one attached hydrogen (secondary N) is 3. The van der Waals surface area contributed by atoms with Crippen LogP contribution in [-0.4, -0.2) is 92.3 Å². The van der Waals surface area contributed by atoms with Crippen molar-refractivity contribution in [3.63, 3.8) is 0 Å². The normalized spacial score (nSPS) is 23.1. The second-order valence-electron chi connectivity index (χ2n) is 6.89. The molecule has 0 spiro atoms. The molecule has 1 aliphatic rings. The van der Waals surface area contributed by atoms with E-state index in [9.17, 15) is 37.8 Å². The van der Waals surface area contributed by atoms with Crippen molar-refractivity contribution < 1.29 is 42.4 Å². The van der Waals surface area contributed by atoms with Crippen molar-refractivity contribution in [2.75, 3.05) is 32.0 Å². The first-order valence-corrected chi connectivity index (χ1v) is 9.43. The summed E-state index contributed by atoms with van der Waals surface area (Å²) >= 11 is 0. The Hall–Kier alpha value is -3.28. The molecule has 2 aromatic rings. The minimum Gasteiger partial charge on any atom is -0.394 e. The van der Waals surface area contributed by atoms with Gasteiger partial charge in [-0.1, -0.05) is 0 Å². The first-order chi connectivity index (χ1) is 15.5. The summed E-state index contributed by atoms with van der Waals surface area (Å²) in [5.74, 6) is -3.11. The van der Waals surface area contributed by atoms with Gasteiger partial charge in [0.05, 0.1) is 12.9 Å². The number of halogens is 3. The van der Waals surface area contributed by atoms with E-state index in [2.05, 4.69) is 20.3 Å². The molecule has 4 atom stereocenters. The molecule has 0 aromatic carbocycles. The molecule has 2 amide bonds. The first-order valence-electron chi connectivity index (χ1n) is 9.43. The Balaban J connectivity index is 1.64. The predicted molar refractivity (Wildman–Crippen MR) is 101 cm³/mol. The summed E-state index contributed by atoms with van der Waals surface area (Å²) in [5, 5.41) is 23.7. The van der Waals surface area contributed by atoms with Gasteiger partial charge in [0.1, 0.15) is 24.9 Å². The van der Waals surface area contributed by atoms with Crippen molar-refractivity contribution >= 4 is 28.9 Å². The van der Waals surface area contributed by atoms with E-state index in [4.69, 9.17) is 15.2 Å². The minimum absolute atomic E-state index is 0.00509. The van der Waals surface area contributed by atoms with Crippen LogP contribution in [0.5, 0.6) is 0 Å². The number of imidazole rings is 1. The van der Waals surface area contributed by atoms with Crippen LogP contribution >= 0.6 is 0 Å². The summed E-state index contributed by atoms with van der Waals surface area (Å²) < 4.78 is 48.6. The molecule has 1 unspecified atom stereocenters. The molecule has 3 heterocycles. The number of fused-ring (bicyclic) bond motifs is 1. The van der Waals surface area contributed by atoms with Crippen molar-refractivity contribution in [1.82, 2.24) is 30.2 Å².